The first-order valence-electron chi connectivity index (χ1n) is 9.96. The number of aromatic nitrogens is 2. The number of nitrogens with one attached hydrogen (secondary N) is 1. The molecule has 5 heteroatoms. The zero-order valence-electron chi connectivity index (χ0n) is 15.0. The van der Waals surface area contributed by atoms with Crippen LogP contribution in [0.2, 0.25) is 0 Å². The minimum atomic E-state index is 0.143. The van der Waals surface area contributed by atoms with Gasteiger partial charge in [0.1, 0.15) is 0 Å². The first-order valence-corrected chi connectivity index (χ1v) is 9.96. The SMILES string of the molecule is O=C(NCC[C@@H]1C[C@@H]2C=C[C@H]1C2)N1CCC(CCn2cccn2)CC1. The molecule has 1 N–H and O–H groups in total. The Kier molecular flexibility index (Phi) is 5.09. The normalized spacial score (nSPS) is 28.6. The van der Waals surface area contributed by atoms with E-state index in [1.54, 1.807) is 0 Å². The van der Waals surface area contributed by atoms with Crippen molar-refractivity contribution in [3.05, 3.63) is 30.6 Å². The second-order valence-electron chi connectivity index (χ2n) is 8.05. The summed E-state index contributed by atoms with van der Waals surface area (Å²) in [6.45, 7) is 3.61. The lowest BCUT2D eigenvalue weighted by Gasteiger charge is -2.32. The summed E-state index contributed by atoms with van der Waals surface area (Å²) in [5.41, 5.74) is 0. The fourth-order valence-electron chi connectivity index (χ4n) is 4.88. The highest BCUT2D eigenvalue weighted by molar-refractivity contribution is 5.74. The van der Waals surface area contributed by atoms with Crippen molar-refractivity contribution in [2.45, 2.75) is 45.1 Å². The van der Waals surface area contributed by atoms with Crippen LogP contribution in [-0.2, 0) is 6.54 Å². The Morgan fingerprint density at radius 2 is 2.04 bits per heavy atom. The average Bonchev–Trinajstić information content (AvgIpc) is 3.38. The van der Waals surface area contributed by atoms with Crippen LogP contribution in [0.25, 0.3) is 0 Å². The quantitative estimate of drug-likeness (QED) is 0.807. The van der Waals surface area contributed by atoms with Crippen molar-refractivity contribution in [1.82, 2.24) is 20.0 Å². The molecule has 0 unspecified atom stereocenters. The number of carbonyl (C=O) groups excluding carboxylic acids is 1. The van der Waals surface area contributed by atoms with Crippen molar-refractivity contribution >= 4 is 6.03 Å². The van der Waals surface area contributed by atoms with E-state index in [0.29, 0.717) is 5.92 Å². The lowest BCUT2D eigenvalue weighted by molar-refractivity contribution is 0.165. The summed E-state index contributed by atoms with van der Waals surface area (Å²) in [5, 5.41) is 7.42. The molecule has 2 heterocycles. The summed E-state index contributed by atoms with van der Waals surface area (Å²) in [5.74, 6) is 3.12. The van der Waals surface area contributed by atoms with E-state index in [0.717, 1.165) is 69.6 Å². The van der Waals surface area contributed by atoms with E-state index >= 15 is 0 Å². The zero-order chi connectivity index (χ0) is 17.1. The Hall–Kier alpha value is -1.78. The van der Waals surface area contributed by atoms with Crippen LogP contribution >= 0.6 is 0 Å². The molecule has 2 fully saturated rings. The van der Waals surface area contributed by atoms with Crippen molar-refractivity contribution < 1.29 is 4.79 Å². The van der Waals surface area contributed by atoms with Gasteiger partial charge in [0.05, 0.1) is 0 Å². The van der Waals surface area contributed by atoms with Crippen LogP contribution in [0.4, 0.5) is 4.79 Å². The molecular weight excluding hydrogens is 312 g/mol. The minimum absolute atomic E-state index is 0.143. The van der Waals surface area contributed by atoms with Crippen LogP contribution in [0, 0.1) is 23.7 Å². The largest absolute Gasteiger partial charge is 0.338 e. The van der Waals surface area contributed by atoms with Crippen LogP contribution in [0.3, 0.4) is 0 Å². The molecule has 5 nitrogen and oxygen atoms in total. The zero-order valence-corrected chi connectivity index (χ0v) is 15.0. The third kappa shape index (κ3) is 4.07. The van der Waals surface area contributed by atoms with Crippen LogP contribution < -0.4 is 5.32 Å². The van der Waals surface area contributed by atoms with Gasteiger partial charge in [0.25, 0.3) is 0 Å². The molecule has 0 radical (unpaired) electrons. The third-order valence-electron chi connectivity index (χ3n) is 6.44. The van der Waals surface area contributed by atoms with Crippen LogP contribution in [0.1, 0.15) is 38.5 Å². The number of urea groups is 1. The number of hydrogen-bond donors (Lipinski definition) is 1. The number of carbonyl (C=O) groups is 1. The van der Waals surface area contributed by atoms with E-state index in [1.165, 1.54) is 12.8 Å². The maximum absolute atomic E-state index is 12.4. The second kappa shape index (κ2) is 7.63. The van der Waals surface area contributed by atoms with Gasteiger partial charge in [-0.05, 0) is 68.3 Å². The number of aryl methyl sites for hydroxylation is 1. The van der Waals surface area contributed by atoms with Gasteiger partial charge in [0, 0.05) is 38.6 Å². The van der Waals surface area contributed by atoms with E-state index in [9.17, 15) is 4.79 Å². The van der Waals surface area contributed by atoms with Crippen molar-refractivity contribution in [2.75, 3.05) is 19.6 Å². The van der Waals surface area contributed by atoms with Crippen molar-refractivity contribution in [1.29, 1.82) is 0 Å². The van der Waals surface area contributed by atoms with Crippen molar-refractivity contribution in [3.8, 4) is 0 Å². The van der Waals surface area contributed by atoms with Gasteiger partial charge in [-0.1, -0.05) is 12.2 Å². The summed E-state index contributed by atoms with van der Waals surface area (Å²) in [7, 11) is 0. The van der Waals surface area contributed by atoms with Gasteiger partial charge in [0.15, 0.2) is 0 Å². The highest BCUT2D eigenvalue weighted by Gasteiger charge is 2.35. The smallest absolute Gasteiger partial charge is 0.317 e. The number of rotatable bonds is 6. The number of fused-ring (bicyclic) bond motifs is 2. The maximum Gasteiger partial charge on any atom is 0.317 e. The van der Waals surface area contributed by atoms with Crippen molar-refractivity contribution in [2.24, 2.45) is 23.7 Å². The number of hydrogen-bond acceptors (Lipinski definition) is 2. The highest BCUT2D eigenvalue weighted by Crippen LogP contribution is 2.44. The molecule has 1 aliphatic heterocycles. The summed E-state index contributed by atoms with van der Waals surface area (Å²) in [4.78, 5) is 14.4. The molecular formula is C20H30N4O. The lowest BCUT2D eigenvalue weighted by Crippen LogP contribution is -2.45. The summed E-state index contributed by atoms with van der Waals surface area (Å²) in [6.07, 6.45) is 15.9. The molecule has 0 spiro atoms. The monoisotopic (exact) mass is 342 g/mol. The van der Waals surface area contributed by atoms with Crippen LogP contribution in [0.15, 0.2) is 30.6 Å². The van der Waals surface area contributed by atoms with Gasteiger partial charge < -0.3 is 10.2 Å². The predicted molar refractivity (Wildman–Crippen MR) is 98.0 cm³/mol. The fourth-order valence-corrected chi connectivity index (χ4v) is 4.88. The molecule has 3 aliphatic rings. The van der Waals surface area contributed by atoms with Gasteiger partial charge in [-0.15, -0.1) is 0 Å². The number of allylic oxidation sites excluding steroid dienone is 2. The fraction of sp³-hybridized carbons (Fsp3) is 0.700. The van der Waals surface area contributed by atoms with E-state index in [2.05, 4.69) is 22.6 Å². The third-order valence-corrected chi connectivity index (χ3v) is 6.44. The van der Waals surface area contributed by atoms with E-state index in [4.69, 9.17) is 0 Å². The summed E-state index contributed by atoms with van der Waals surface area (Å²) < 4.78 is 2.00. The van der Waals surface area contributed by atoms with E-state index in [-0.39, 0.29) is 6.03 Å². The molecule has 4 rings (SSSR count). The second-order valence-corrected chi connectivity index (χ2v) is 8.05. The molecule has 0 aromatic carbocycles. The molecule has 136 valence electrons. The Bertz CT molecular complexity index is 589. The first kappa shape index (κ1) is 16.7. The highest BCUT2D eigenvalue weighted by atomic mass is 16.2. The van der Waals surface area contributed by atoms with E-state index in [1.807, 2.05) is 28.0 Å². The lowest BCUT2D eigenvalue weighted by atomic mass is 9.91. The molecule has 2 aliphatic carbocycles. The molecule has 25 heavy (non-hydrogen) atoms. The number of piperidine rings is 1. The Morgan fingerprint density at radius 1 is 1.16 bits per heavy atom. The first-order chi connectivity index (χ1) is 12.3. The standard InChI is InChI=1S/C20H30N4O/c25-20(21-9-4-19-15-17-2-3-18(19)14-17)23-11-5-16(6-12-23)7-13-24-10-1-8-22-24/h1-3,8,10,16-19H,4-7,9,11-15H2,(H,21,25)/t17-,18+,19-/m1/s1. The minimum Gasteiger partial charge on any atom is -0.338 e. The molecule has 2 bridgehead atoms. The van der Waals surface area contributed by atoms with Gasteiger partial charge in [-0.25, -0.2) is 4.79 Å². The van der Waals surface area contributed by atoms with Gasteiger partial charge in [-0.2, -0.15) is 5.10 Å². The topological polar surface area (TPSA) is 50.2 Å². The molecule has 1 saturated heterocycles. The average molecular weight is 342 g/mol. The van der Waals surface area contributed by atoms with Crippen LogP contribution in [-0.4, -0.2) is 40.3 Å². The van der Waals surface area contributed by atoms with Gasteiger partial charge in [0.2, 0.25) is 0 Å². The summed E-state index contributed by atoms with van der Waals surface area (Å²) in [6, 6.07) is 2.11. The van der Waals surface area contributed by atoms with Gasteiger partial charge in [-0.3, -0.25) is 4.68 Å². The summed E-state index contributed by atoms with van der Waals surface area (Å²) >= 11 is 0. The number of amides is 2. The molecule has 1 aromatic rings. The molecule has 1 saturated carbocycles. The molecule has 1 aromatic heterocycles. The molecule has 2 amide bonds. The number of nitrogens with zero attached hydrogens (tertiary/aromatic N) is 3. The Labute approximate surface area is 150 Å². The Balaban J connectivity index is 1.11. The van der Waals surface area contributed by atoms with Gasteiger partial charge >= 0.3 is 6.03 Å². The number of likely N-dealkylation sites (tertiary alicyclic amines) is 1. The van der Waals surface area contributed by atoms with Crippen LogP contribution in [0.5, 0.6) is 0 Å². The molecule has 3 atom stereocenters. The predicted octanol–water partition coefficient (Wildman–Crippen LogP) is 3.30. The van der Waals surface area contributed by atoms with Crippen molar-refractivity contribution in [3.63, 3.8) is 0 Å². The maximum atomic E-state index is 12.4. The van der Waals surface area contributed by atoms with E-state index < -0.39 is 0 Å². The Morgan fingerprint density at radius 3 is 2.72 bits per heavy atom.